The third-order valence-electron chi connectivity index (χ3n) is 3.58. The van der Waals surface area contributed by atoms with Gasteiger partial charge in [0.25, 0.3) is 11.8 Å². The average Bonchev–Trinajstić information content (AvgIpc) is 2.96. The molecule has 0 aliphatic rings. The summed E-state index contributed by atoms with van der Waals surface area (Å²) in [5.41, 5.74) is 3.26. The van der Waals surface area contributed by atoms with E-state index in [0.717, 1.165) is 28.4 Å². The molecule has 26 heavy (non-hydrogen) atoms. The molecule has 0 atom stereocenters. The Morgan fingerprint density at radius 3 is 2.65 bits per heavy atom. The van der Waals surface area contributed by atoms with E-state index in [2.05, 4.69) is 15.8 Å². The number of hydrogen-bond donors (Lipinski definition) is 2. The first-order valence-electron chi connectivity index (χ1n) is 7.56. The van der Waals surface area contributed by atoms with Crippen LogP contribution in [0.3, 0.4) is 0 Å². The summed E-state index contributed by atoms with van der Waals surface area (Å²) in [6.45, 7) is -0.351. The van der Waals surface area contributed by atoms with Crippen LogP contribution in [0.1, 0.15) is 10.4 Å². The van der Waals surface area contributed by atoms with Crippen molar-refractivity contribution in [2.75, 3.05) is 6.54 Å². The first-order valence-corrected chi connectivity index (χ1v) is 8.38. The third kappa shape index (κ3) is 3.77. The van der Waals surface area contributed by atoms with Crippen molar-refractivity contribution in [2.45, 2.75) is 0 Å². The molecule has 0 spiro atoms. The Balaban J connectivity index is 1.62. The molecule has 1 aromatic heterocycles. The highest BCUT2D eigenvalue weighted by atomic mass is 32.1. The Morgan fingerprint density at radius 2 is 1.92 bits per heavy atom. The summed E-state index contributed by atoms with van der Waals surface area (Å²) < 4.78 is 28.8. The van der Waals surface area contributed by atoms with Crippen molar-refractivity contribution in [2.24, 2.45) is 12.1 Å². The van der Waals surface area contributed by atoms with Gasteiger partial charge in [0.2, 0.25) is 4.80 Å². The van der Waals surface area contributed by atoms with Crippen LogP contribution >= 0.6 is 11.3 Å². The summed E-state index contributed by atoms with van der Waals surface area (Å²) in [5, 5.41) is 6.36. The van der Waals surface area contributed by atoms with Crippen molar-refractivity contribution >= 4 is 33.4 Å². The molecule has 0 radical (unpaired) electrons. The predicted octanol–water partition coefficient (Wildman–Crippen LogP) is 1.88. The summed E-state index contributed by atoms with van der Waals surface area (Å²) >= 11 is 1.41. The van der Waals surface area contributed by atoms with Crippen LogP contribution in [-0.4, -0.2) is 22.9 Å². The molecule has 0 aliphatic heterocycles. The lowest BCUT2D eigenvalue weighted by molar-refractivity contribution is -0.120. The van der Waals surface area contributed by atoms with Crippen LogP contribution < -0.4 is 15.5 Å². The number of carbonyl (C=O) groups is 2. The predicted molar refractivity (Wildman–Crippen MR) is 93.2 cm³/mol. The fourth-order valence-corrected chi connectivity index (χ4v) is 3.22. The lowest BCUT2D eigenvalue weighted by atomic mass is 10.2. The maximum atomic E-state index is 13.1. The molecule has 2 amide bonds. The van der Waals surface area contributed by atoms with Crippen molar-refractivity contribution in [3.63, 3.8) is 0 Å². The summed E-state index contributed by atoms with van der Waals surface area (Å²) in [7, 11) is 1.83. The topological polar surface area (TPSA) is 75.5 Å². The molecule has 3 rings (SSSR count). The van der Waals surface area contributed by atoms with Crippen LogP contribution in [0.5, 0.6) is 0 Å². The maximum Gasteiger partial charge on any atom is 0.259 e. The minimum atomic E-state index is -1.13. The van der Waals surface area contributed by atoms with Gasteiger partial charge in [0.1, 0.15) is 0 Å². The van der Waals surface area contributed by atoms with E-state index in [0.29, 0.717) is 4.80 Å². The van der Waals surface area contributed by atoms with Gasteiger partial charge in [0, 0.05) is 12.6 Å². The Morgan fingerprint density at radius 1 is 1.15 bits per heavy atom. The van der Waals surface area contributed by atoms with Gasteiger partial charge in [0.05, 0.1) is 16.8 Å². The number of nitrogens with one attached hydrogen (secondary N) is 2. The van der Waals surface area contributed by atoms with Gasteiger partial charge in [-0.3, -0.25) is 9.59 Å². The smallest absolute Gasteiger partial charge is 0.259 e. The largest absolute Gasteiger partial charge is 0.343 e. The van der Waals surface area contributed by atoms with Crippen LogP contribution in [0.25, 0.3) is 10.2 Å². The normalized spacial score (nSPS) is 11.6. The number of rotatable bonds is 4. The molecule has 0 fully saturated rings. The molecule has 3 aromatic rings. The fourth-order valence-electron chi connectivity index (χ4n) is 2.24. The number of hydrogen-bond acceptors (Lipinski definition) is 4. The number of amides is 2. The summed E-state index contributed by atoms with van der Waals surface area (Å²) in [6.07, 6.45) is 0. The molecule has 0 aliphatic carbocycles. The molecular formula is C17H14F2N4O2S. The molecule has 0 saturated heterocycles. The minimum Gasteiger partial charge on any atom is -0.343 e. The van der Waals surface area contributed by atoms with Crippen LogP contribution in [0.2, 0.25) is 0 Å². The Bertz CT molecular complexity index is 1060. The number of thiazole rings is 1. The standard InChI is InChI=1S/C17H14F2N4O2S/c1-23-13-4-2-3-5-14(13)26-17(23)22-21-15(24)9-20-16(25)10-6-7-11(18)12(19)8-10/h2-8H,9H2,1H3,(H,20,25)(H,21,24)/b22-17-. The molecule has 6 nitrogen and oxygen atoms in total. The van der Waals surface area contributed by atoms with Crippen molar-refractivity contribution < 1.29 is 18.4 Å². The van der Waals surface area contributed by atoms with E-state index >= 15 is 0 Å². The zero-order valence-electron chi connectivity index (χ0n) is 13.6. The molecule has 134 valence electrons. The van der Waals surface area contributed by atoms with Crippen molar-refractivity contribution in [1.82, 2.24) is 15.3 Å². The summed E-state index contributed by atoms with van der Waals surface area (Å²) in [6, 6.07) is 10.5. The number of benzene rings is 2. The molecular weight excluding hydrogens is 362 g/mol. The van der Waals surface area contributed by atoms with E-state index in [1.165, 1.54) is 11.3 Å². The van der Waals surface area contributed by atoms with Gasteiger partial charge in [-0.2, -0.15) is 0 Å². The number of para-hydroxylation sites is 1. The first-order chi connectivity index (χ1) is 12.5. The third-order valence-corrected chi connectivity index (χ3v) is 4.70. The summed E-state index contributed by atoms with van der Waals surface area (Å²) in [5.74, 6) is -3.41. The minimum absolute atomic E-state index is 0.0791. The highest BCUT2D eigenvalue weighted by molar-refractivity contribution is 7.16. The molecule has 0 bridgehead atoms. The maximum absolute atomic E-state index is 13.1. The van der Waals surface area contributed by atoms with E-state index in [1.54, 1.807) is 0 Å². The van der Waals surface area contributed by atoms with Crippen molar-refractivity contribution in [3.05, 3.63) is 64.5 Å². The van der Waals surface area contributed by atoms with Gasteiger partial charge >= 0.3 is 0 Å². The Hall–Kier alpha value is -3.07. The van der Waals surface area contributed by atoms with E-state index in [9.17, 15) is 18.4 Å². The average molecular weight is 376 g/mol. The van der Waals surface area contributed by atoms with E-state index in [-0.39, 0.29) is 12.1 Å². The number of aromatic nitrogens is 1. The van der Waals surface area contributed by atoms with Crippen LogP contribution in [0.4, 0.5) is 8.78 Å². The first kappa shape index (κ1) is 17.7. The van der Waals surface area contributed by atoms with E-state index in [4.69, 9.17) is 0 Å². The molecule has 2 N–H and O–H groups in total. The van der Waals surface area contributed by atoms with E-state index in [1.807, 2.05) is 35.9 Å². The van der Waals surface area contributed by atoms with Crippen molar-refractivity contribution in [1.29, 1.82) is 0 Å². The zero-order chi connectivity index (χ0) is 18.7. The van der Waals surface area contributed by atoms with Gasteiger partial charge in [-0.1, -0.05) is 23.5 Å². The lowest BCUT2D eigenvalue weighted by Gasteiger charge is -2.04. The van der Waals surface area contributed by atoms with Crippen molar-refractivity contribution in [3.8, 4) is 0 Å². The number of halogens is 2. The highest BCUT2D eigenvalue weighted by Crippen LogP contribution is 2.14. The lowest BCUT2D eigenvalue weighted by Crippen LogP contribution is -2.36. The number of aryl methyl sites for hydroxylation is 1. The number of nitrogens with zero attached hydrogens (tertiary/aromatic N) is 2. The quantitative estimate of drug-likeness (QED) is 0.683. The zero-order valence-corrected chi connectivity index (χ0v) is 14.4. The number of carbonyl (C=O) groups excluding carboxylic acids is 2. The Kier molecular flexibility index (Phi) is 5.08. The fraction of sp³-hybridized carbons (Fsp3) is 0.118. The van der Waals surface area contributed by atoms with E-state index < -0.39 is 23.4 Å². The molecule has 1 heterocycles. The number of fused-ring (bicyclic) bond motifs is 1. The van der Waals surface area contributed by atoms with Crippen LogP contribution in [-0.2, 0) is 11.8 Å². The molecule has 9 heteroatoms. The van der Waals surface area contributed by atoms with Crippen LogP contribution in [0, 0.1) is 11.6 Å². The second-order valence-corrected chi connectivity index (χ2v) is 6.38. The van der Waals surface area contributed by atoms with Gasteiger partial charge in [0.15, 0.2) is 11.6 Å². The highest BCUT2D eigenvalue weighted by Gasteiger charge is 2.11. The second-order valence-electron chi connectivity index (χ2n) is 5.37. The van der Waals surface area contributed by atoms with Gasteiger partial charge in [-0.25, -0.2) is 14.2 Å². The van der Waals surface area contributed by atoms with Gasteiger partial charge < -0.3 is 9.88 Å². The summed E-state index contributed by atoms with van der Waals surface area (Å²) in [4.78, 5) is 24.3. The molecule has 0 unspecified atom stereocenters. The molecule has 2 aromatic carbocycles. The van der Waals surface area contributed by atoms with Gasteiger partial charge in [-0.05, 0) is 30.3 Å². The second kappa shape index (κ2) is 7.44. The monoisotopic (exact) mass is 376 g/mol. The molecule has 0 saturated carbocycles. The van der Waals surface area contributed by atoms with Crippen LogP contribution in [0.15, 0.2) is 47.6 Å². The van der Waals surface area contributed by atoms with Gasteiger partial charge in [-0.15, -0.1) is 5.10 Å². The Labute approximate surface area is 150 Å². The SMILES string of the molecule is Cn1/c(=N/NC(=O)CNC(=O)c2ccc(F)c(F)c2)sc2ccccc21.